The lowest BCUT2D eigenvalue weighted by molar-refractivity contribution is 0.910. The van der Waals surface area contributed by atoms with Crippen LogP contribution < -0.4 is 11.1 Å². The largest absolute Gasteiger partial charge is 0.369 e. The van der Waals surface area contributed by atoms with Crippen molar-refractivity contribution in [1.82, 2.24) is 9.78 Å². The van der Waals surface area contributed by atoms with E-state index in [-0.39, 0.29) is 5.96 Å². The van der Waals surface area contributed by atoms with Crippen molar-refractivity contribution in [2.24, 2.45) is 5.73 Å². The van der Waals surface area contributed by atoms with Gasteiger partial charge in [0.2, 0.25) is 5.96 Å². The third-order valence-electron chi connectivity index (χ3n) is 3.01. The SMILES string of the molecule is N=C(N)n1nc(-c2ccccc2Br)c2c1NCC2. The number of fused-ring (bicyclic) bond motifs is 1. The molecule has 0 radical (unpaired) electrons. The number of benzene rings is 1. The molecule has 0 unspecified atom stereocenters. The van der Waals surface area contributed by atoms with Crippen molar-refractivity contribution in [2.45, 2.75) is 6.42 Å². The molecule has 1 aliphatic heterocycles. The van der Waals surface area contributed by atoms with Gasteiger partial charge in [0, 0.05) is 22.1 Å². The Bertz CT molecular complexity index is 631. The van der Waals surface area contributed by atoms with E-state index < -0.39 is 0 Å². The van der Waals surface area contributed by atoms with E-state index in [2.05, 4.69) is 26.3 Å². The van der Waals surface area contributed by atoms with Gasteiger partial charge in [-0.2, -0.15) is 9.78 Å². The minimum Gasteiger partial charge on any atom is -0.369 e. The lowest BCUT2D eigenvalue weighted by Gasteiger charge is -2.03. The molecule has 5 nitrogen and oxygen atoms in total. The molecule has 1 aliphatic rings. The van der Waals surface area contributed by atoms with Gasteiger partial charge in [0.05, 0.1) is 5.69 Å². The van der Waals surface area contributed by atoms with Gasteiger partial charge in [0.15, 0.2) is 0 Å². The predicted molar refractivity (Wildman–Crippen MR) is 74.9 cm³/mol. The van der Waals surface area contributed by atoms with E-state index in [1.165, 1.54) is 4.68 Å². The van der Waals surface area contributed by atoms with E-state index in [0.29, 0.717) is 0 Å². The smallest absolute Gasteiger partial charge is 0.215 e. The molecule has 0 atom stereocenters. The van der Waals surface area contributed by atoms with E-state index in [1.807, 2.05) is 24.3 Å². The van der Waals surface area contributed by atoms with Crippen LogP contribution in [0.3, 0.4) is 0 Å². The van der Waals surface area contributed by atoms with Crippen LogP contribution in [0.15, 0.2) is 28.7 Å². The molecule has 92 valence electrons. The standard InChI is InChI=1S/C12H12BrN5/c13-9-4-2-1-3-7(9)10-8-5-6-16-11(8)18(17-10)12(14)15/h1-4,16H,5-6H2,(H3,14,15). The number of hydrogen-bond acceptors (Lipinski definition) is 3. The molecule has 0 fully saturated rings. The van der Waals surface area contributed by atoms with Crippen molar-refractivity contribution in [3.8, 4) is 11.3 Å². The third-order valence-corrected chi connectivity index (χ3v) is 3.70. The minimum absolute atomic E-state index is 0.0704. The van der Waals surface area contributed by atoms with E-state index in [9.17, 15) is 0 Å². The van der Waals surface area contributed by atoms with Crippen molar-refractivity contribution < 1.29 is 0 Å². The molecule has 0 bridgehead atoms. The topological polar surface area (TPSA) is 79.7 Å². The number of nitrogens with zero attached hydrogens (tertiary/aromatic N) is 2. The second-order valence-corrected chi connectivity index (χ2v) is 4.98. The Labute approximate surface area is 113 Å². The highest BCUT2D eigenvalue weighted by Crippen LogP contribution is 2.35. The zero-order chi connectivity index (χ0) is 12.7. The highest BCUT2D eigenvalue weighted by Gasteiger charge is 2.24. The highest BCUT2D eigenvalue weighted by atomic mass is 79.9. The molecule has 6 heteroatoms. The van der Waals surface area contributed by atoms with E-state index in [1.54, 1.807) is 0 Å². The van der Waals surface area contributed by atoms with Gasteiger partial charge in [-0.3, -0.25) is 5.41 Å². The molecule has 18 heavy (non-hydrogen) atoms. The fourth-order valence-electron chi connectivity index (χ4n) is 2.22. The number of nitrogens with two attached hydrogens (primary N) is 1. The number of halogens is 1. The average molecular weight is 306 g/mol. The Hall–Kier alpha value is -1.82. The Morgan fingerprint density at radius 2 is 2.22 bits per heavy atom. The van der Waals surface area contributed by atoms with Crippen LogP contribution in [0.1, 0.15) is 5.56 Å². The van der Waals surface area contributed by atoms with Crippen LogP contribution in [0, 0.1) is 5.41 Å². The summed E-state index contributed by atoms with van der Waals surface area (Å²) in [5.74, 6) is 0.771. The second kappa shape index (κ2) is 4.13. The van der Waals surface area contributed by atoms with Gasteiger partial charge in [0.1, 0.15) is 5.82 Å². The summed E-state index contributed by atoms with van der Waals surface area (Å²) in [6.07, 6.45) is 0.902. The molecular formula is C12H12BrN5. The zero-order valence-electron chi connectivity index (χ0n) is 9.57. The molecule has 1 aromatic heterocycles. The van der Waals surface area contributed by atoms with Gasteiger partial charge in [-0.05, 0) is 12.5 Å². The minimum atomic E-state index is -0.0704. The van der Waals surface area contributed by atoms with Crippen molar-refractivity contribution in [3.05, 3.63) is 34.3 Å². The van der Waals surface area contributed by atoms with Crippen LogP contribution in [-0.4, -0.2) is 22.3 Å². The van der Waals surface area contributed by atoms with Gasteiger partial charge in [-0.25, -0.2) is 0 Å². The lowest BCUT2D eigenvalue weighted by Crippen LogP contribution is -2.23. The van der Waals surface area contributed by atoms with Gasteiger partial charge < -0.3 is 11.1 Å². The van der Waals surface area contributed by atoms with Crippen LogP contribution in [0.5, 0.6) is 0 Å². The zero-order valence-corrected chi connectivity index (χ0v) is 11.2. The highest BCUT2D eigenvalue weighted by molar-refractivity contribution is 9.10. The Balaban J connectivity index is 2.23. The van der Waals surface area contributed by atoms with Crippen LogP contribution >= 0.6 is 15.9 Å². The molecule has 2 heterocycles. The summed E-state index contributed by atoms with van der Waals surface area (Å²) in [5, 5.41) is 15.2. The second-order valence-electron chi connectivity index (χ2n) is 4.13. The summed E-state index contributed by atoms with van der Waals surface area (Å²) in [6.45, 7) is 0.859. The molecule has 0 saturated heterocycles. The summed E-state index contributed by atoms with van der Waals surface area (Å²) >= 11 is 3.53. The van der Waals surface area contributed by atoms with Crippen molar-refractivity contribution in [3.63, 3.8) is 0 Å². The third kappa shape index (κ3) is 1.60. The normalized spacial score (nSPS) is 13.2. The van der Waals surface area contributed by atoms with Gasteiger partial charge in [0.25, 0.3) is 0 Å². The van der Waals surface area contributed by atoms with E-state index >= 15 is 0 Å². The summed E-state index contributed by atoms with van der Waals surface area (Å²) < 4.78 is 2.45. The maximum absolute atomic E-state index is 7.56. The van der Waals surface area contributed by atoms with Crippen molar-refractivity contribution in [2.75, 3.05) is 11.9 Å². The summed E-state index contributed by atoms with van der Waals surface area (Å²) in [7, 11) is 0. The average Bonchev–Trinajstić information content (AvgIpc) is 2.90. The van der Waals surface area contributed by atoms with Gasteiger partial charge in [-0.1, -0.05) is 34.1 Å². The fourth-order valence-corrected chi connectivity index (χ4v) is 2.69. The van der Waals surface area contributed by atoms with E-state index in [0.717, 1.165) is 40.1 Å². The molecule has 0 aliphatic carbocycles. The first-order chi connectivity index (χ1) is 8.68. The maximum atomic E-state index is 7.56. The summed E-state index contributed by atoms with van der Waals surface area (Å²) in [6, 6.07) is 7.93. The van der Waals surface area contributed by atoms with Crippen LogP contribution in [0.2, 0.25) is 0 Å². The Kier molecular flexibility index (Phi) is 2.59. The van der Waals surface area contributed by atoms with Crippen LogP contribution in [-0.2, 0) is 6.42 Å². The Morgan fingerprint density at radius 3 is 2.94 bits per heavy atom. The molecular weight excluding hydrogens is 294 g/mol. The van der Waals surface area contributed by atoms with Crippen LogP contribution in [0.25, 0.3) is 11.3 Å². The summed E-state index contributed by atoms with van der Waals surface area (Å²) in [4.78, 5) is 0. The molecule has 0 saturated carbocycles. The molecule has 2 aromatic rings. The molecule has 0 amide bonds. The number of nitrogens with one attached hydrogen (secondary N) is 2. The Morgan fingerprint density at radius 1 is 1.44 bits per heavy atom. The molecule has 1 aromatic carbocycles. The fraction of sp³-hybridized carbons (Fsp3) is 0.167. The first-order valence-electron chi connectivity index (χ1n) is 5.63. The summed E-state index contributed by atoms with van der Waals surface area (Å²) in [5.41, 5.74) is 8.58. The first kappa shape index (κ1) is 11.3. The van der Waals surface area contributed by atoms with Crippen molar-refractivity contribution in [1.29, 1.82) is 5.41 Å². The first-order valence-corrected chi connectivity index (χ1v) is 6.43. The molecule has 4 N–H and O–H groups in total. The lowest BCUT2D eigenvalue weighted by atomic mass is 10.1. The number of hydrogen-bond donors (Lipinski definition) is 3. The van der Waals surface area contributed by atoms with Crippen molar-refractivity contribution >= 4 is 27.7 Å². The number of aromatic nitrogens is 2. The number of rotatable bonds is 1. The maximum Gasteiger partial charge on any atom is 0.215 e. The molecule has 0 spiro atoms. The van der Waals surface area contributed by atoms with E-state index in [4.69, 9.17) is 11.1 Å². The molecule has 3 rings (SSSR count). The van der Waals surface area contributed by atoms with Crippen LogP contribution in [0.4, 0.5) is 5.82 Å². The number of nitrogen functional groups attached to an aromatic ring is 1. The predicted octanol–water partition coefficient (Wildman–Crippen LogP) is 2.02. The monoisotopic (exact) mass is 305 g/mol. The number of anilines is 1. The van der Waals surface area contributed by atoms with Gasteiger partial charge in [-0.15, -0.1) is 0 Å². The van der Waals surface area contributed by atoms with Gasteiger partial charge >= 0.3 is 0 Å². The quantitative estimate of drug-likeness (QED) is 0.557.